The zero-order valence-corrected chi connectivity index (χ0v) is 55.9. The summed E-state index contributed by atoms with van der Waals surface area (Å²) in [5.74, 6) is 1.22. The number of fused-ring (bicyclic) bond motifs is 2. The lowest BCUT2D eigenvalue weighted by atomic mass is 9.86. The average Bonchev–Trinajstić information content (AvgIpc) is 1.63. The number of Topliss-reactive ketones (excluding diaryl/α,β-unsaturated/α-hetero) is 1. The van der Waals surface area contributed by atoms with Crippen molar-refractivity contribution in [1.82, 2.24) is 39.3 Å². The van der Waals surface area contributed by atoms with Gasteiger partial charge in [-0.2, -0.15) is 0 Å². The number of likely N-dealkylation sites (tertiary alicyclic amines) is 2. The molecule has 97 heavy (non-hydrogen) atoms. The van der Waals surface area contributed by atoms with Crippen LogP contribution in [0.25, 0.3) is 56.0 Å². The summed E-state index contributed by atoms with van der Waals surface area (Å²) in [6.45, 7) is 15.1. The highest BCUT2D eigenvalue weighted by atomic mass is 79.9. The summed E-state index contributed by atoms with van der Waals surface area (Å²) in [5, 5.41) is 40.7. The highest BCUT2D eigenvalue weighted by molar-refractivity contribution is 9.10. The molecule has 0 aliphatic carbocycles. The number of carbonyl (C=O) groups excluding carboxylic acids is 6. The quantitative estimate of drug-likeness (QED) is 0.0714. The van der Waals surface area contributed by atoms with Gasteiger partial charge in [-0.3, -0.25) is 24.0 Å². The molecule has 3 N–H and O–H groups in total. The van der Waals surface area contributed by atoms with Crippen molar-refractivity contribution in [3.63, 3.8) is 0 Å². The molecule has 2 fully saturated rings. The van der Waals surface area contributed by atoms with E-state index in [1.54, 1.807) is 60.3 Å². The first-order valence-electron chi connectivity index (χ1n) is 31.2. The minimum Gasteiger partial charge on any atom is -0.445 e. The number of nitrogens with one attached hydrogen (secondary N) is 1. The summed E-state index contributed by atoms with van der Waals surface area (Å²) < 4.78 is 38.1. The van der Waals surface area contributed by atoms with Gasteiger partial charge in [0, 0.05) is 58.5 Å². The highest BCUT2D eigenvalue weighted by Crippen LogP contribution is 2.38. The van der Waals surface area contributed by atoms with Crippen molar-refractivity contribution < 1.29 is 66.6 Å². The number of amides is 3. The van der Waals surface area contributed by atoms with Gasteiger partial charge in [0.25, 0.3) is 0 Å². The number of halogens is 1. The van der Waals surface area contributed by atoms with Crippen LogP contribution >= 0.6 is 15.9 Å². The maximum atomic E-state index is 13.5. The number of carbonyl (C=O) groups is 6. The molecular formula is C72H77BBrN9O14. The molecule has 23 nitrogen and oxygen atoms in total. The van der Waals surface area contributed by atoms with Crippen molar-refractivity contribution in [3.8, 4) is 34.2 Å². The second-order valence-corrected chi connectivity index (χ2v) is 26.0. The number of ether oxygens (including phenoxy) is 4. The van der Waals surface area contributed by atoms with Crippen LogP contribution in [0.5, 0.6) is 0 Å². The number of aromatic nitrogens is 6. The molecule has 2 aliphatic rings. The van der Waals surface area contributed by atoms with Gasteiger partial charge in [-0.05, 0) is 169 Å². The molecule has 12 rings (SSSR count). The maximum Gasteiger partial charge on any atom is 0.506 e. The van der Waals surface area contributed by atoms with E-state index in [0.29, 0.717) is 83.3 Å². The predicted octanol–water partition coefficient (Wildman–Crippen LogP) is 14.4. The fraction of sp³-hybridized carbons (Fsp3) is 0.306. The van der Waals surface area contributed by atoms with E-state index in [0.717, 1.165) is 55.2 Å². The molecule has 0 unspecified atom stereocenters. The van der Waals surface area contributed by atoms with Crippen LogP contribution in [0.3, 0.4) is 0 Å². The number of anilines is 1. The van der Waals surface area contributed by atoms with E-state index in [9.17, 15) is 38.8 Å². The largest absolute Gasteiger partial charge is 0.506 e. The Hall–Kier alpha value is -10.2. The van der Waals surface area contributed by atoms with Crippen LogP contribution in [0.4, 0.5) is 24.9 Å². The summed E-state index contributed by atoms with van der Waals surface area (Å²) in [4.78, 5) is 77.4. The minimum atomic E-state index is -1.89. The van der Waals surface area contributed by atoms with Gasteiger partial charge in [0.05, 0.1) is 22.3 Å². The summed E-state index contributed by atoms with van der Waals surface area (Å²) >= 11 is 3.30. The van der Waals surface area contributed by atoms with E-state index < -0.39 is 48.7 Å². The van der Waals surface area contributed by atoms with E-state index in [4.69, 9.17) is 27.8 Å². The van der Waals surface area contributed by atoms with Crippen molar-refractivity contribution in [2.45, 2.75) is 131 Å². The molecule has 2 aliphatic heterocycles. The van der Waals surface area contributed by atoms with E-state index in [2.05, 4.69) is 41.6 Å². The topological polar surface area (TPSA) is 286 Å². The molecule has 2 saturated heterocycles. The lowest BCUT2D eigenvalue weighted by molar-refractivity contribution is -0.116. The molecule has 2 atom stereocenters. The van der Waals surface area contributed by atoms with E-state index in [1.807, 2.05) is 154 Å². The molecule has 4 aromatic heterocycles. The fourth-order valence-electron chi connectivity index (χ4n) is 11.0. The molecule has 10 aromatic rings. The zero-order valence-electron chi connectivity index (χ0n) is 54.4. The van der Waals surface area contributed by atoms with E-state index in [-0.39, 0.29) is 49.9 Å². The normalized spacial score (nSPS) is 14.3. The molecule has 6 aromatic carbocycles. The molecule has 6 heterocycles. The summed E-state index contributed by atoms with van der Waals surface area (Å²) in [6, 6.07) is 47.2. The van der Waals surface area contributed by atoms with Crippen LogP contribution in [0.15, 0.2) is 171 Å². The summed E-state index contributed by atoms with van der Waals surface area (Å²) in [7, 11) is -1.89. The Morgan fingerprint density at radius 3 is 1.46 bits per heavy atom. The first kappa shape index (κ1) is 71.1. The molecule has 0 radical (unpaired) electrons. The van der Waals surface area contributed by atoms with Crippen LogP contribution in [0, 0.1) is 0 Å². The van der Waals surface area contributed by atoms with E-state index in [1.165, 1.54) is 13.0 Å². The summed E-state index contributed by atoms with van der Waals surface area (Å²) in [5.41, 5.74) is 5.81. The van der Waals surface area contributed by atoms with E-state index >= 15 is 0 Å². The van der Waals surface area contributed by atoms with Crippen LogP contribution in [-0.4, -0.2) is 117 Å². The van der Waals surface area contributed by atoms with Crippen LogP contribution < -0.4 is 10.9 Å². The Balaban J connectivity index is 0.000000196. The molecule has 0 spiro atoms. The number of ketones is 1. The third-order valence-corrected chi connectivity index (χ3v) is 15.8. The molecule has 25 heteroatoms. The lowest BCUT2D eigenvalue weighted by Crippen LogP contribution is -2.40. The number of nitrogens with zero attached hydrogens (tertiary/aromatic N) is 8. The van der Waals surface area contributed by atoms with Crippen LogP contribution in [0.1, 0.15) is 129 Å². The third-order valence-electron chi connectivity index (χ3n) is 15.2. The summed E-state index contributed by atoms with van der Waals surface area (Å²) in [6.07, 6.45) is 1.18. The van der Waals surface area contributed by atoms with Gasteiger partial charge in [0.1, 0.15) is 42.3 Å². The minimum absolute atomic E-state index is 0. The first-order chi connectivity index (χ1) is 45.8. The van der Waals surface area contributed by atoms with Gasteiger partial charge in [-0.1, -0.05) is 108 Å². The SMILES string of the molecule is C.CC(=O)Cc1ccc(-c2cc3cc(-c4nnc([C@@H]5CCCN5C(=O)OCc5ccccc5)o4)ccc3n2C(=O)OC(C)(C)C)cc1.CC(=O)Nc1ccc(Br)cc1.CC(C)(C)OC(=O)n1c(B(O)O)cc2cc(-c3nnc([C@@H]4CCCN4C(=O)OCc4ccccc4)o3)ccc21. The number of benzene rings is 6. The standard InChI is InChI=1S/C36H36N4O6.C27H29BN4O7.C8H8BrNO.CH4/c1-23(41)19-24-12-14-26(15-13-24)31-21-28-20-27(16-17-29(28)40(31)35(43)46-36(2,3)4)32-37-38-33(45-32)30-11-8-18-39(30)34(42)44-22-25-9-6-5-7-10-25;1-27(2,3)39-26(34)32-20-12-11-18(14-19(20)15-22(32)28(35)36)23-29-30-24(38-23)21-10-7-13-31(21)25(33)37-16-17-8-5-4-6-9-17;1-6(11)10-8-4-2-7(9)3-5-8;/h5-7,9-10,12-17,20-21,30H,8,11,18-19,22H2,1-4H3;4-6,8-9,11-12,14-15,21,35-36H,7,10,13,16H2,1-3H3;2-5H,1H3,(H,10,11);1H4/t30-;21-;;/m00../s1. The smallest absolute Gasteiger partial charge is 0.445 e. The third kappa shape index (κ3) is 18.2. The molecule has 3 amide bonds. The lowest BCUT2D eigenvalue weighted by Gasteiger charge is -2.21. The van der Waals surface area contributed by atoms with Crippen molar-refractivity contribution in [2.24, 2.45) is 0 Å². The van der Waals surface area contributed by atoms with Crippen molar-refractivity contribution in [1.29, 1.82) is 0 Å². The Kier molecular flexibility index (Phi) is 22.8. The molecular weight excluding hydrogens is 1310 g/mol. The van der Waals surface area contributed by atoms with Gasteiger partial charge in [-0.15, -0.1) is 20.4 Å². The highest BCUT2D eigenvalue weighted by Gasteiger charge is 2.37. The zero-order chi connectivity index (χ0) is 68.4. The second kappa shape index (κ2) is 31.1. The molecule has 0 bridgehead atoms. The van der Waals surface area contributed by atoms with Gasteiger partial charge < -0.3 is 43.1 Å². The van der Waals surface area contributed by atoms with Crippen LogP contribution in [-0.2, 0) is 48.2 Å². The number of hydrogen-bond donors (Lipinski definition) is 3. The molecule has 0 saturated carbocycles. The molecule has 504 valence electrons. The van der Waals surface area contributed by atoms with Crippen molar-refractivity contribution >= 4 is 92.2 Å². The first-order valence-corrected chi connectivity index (χ1v) is 32.0. The fourth-order valence-corrected chi connectivity index (χ4v) is 11.3. The van der Waals surface area contributed by atoms with Gasteiger partial charge in [-0.25, -0.2) is 23.7 Å². The van der Waals surface area contributed by atoms with Crippen molar-refractivity contribution in [3.05, 3.63) is 191 Å². The second-order valence-electron chi connectivity index (χ2n) is 25.1. The van der Waals surface area contributed by atoms with Gasteiger partial charge >= 0.3 is 31.5 Å². The average molecular weight is 1380 g/mol. The Morgan fingerprint density at radius 2 is 1.01 bits per heavy atom. The number of rotatable bonds is 13. The Morgan fingerprint density at radius 1 is 0.557 bits per heavy atom. The van der Waals surface area contributed by atoms with Crippen molar-refractivity contribution in [2.75, 3.05) is 18.4 Å². The monoisotopic (exact) mass is 1380 g/mol. The van der Waals surface area contributed by atoms with Crippen LogP contribution in [0.2, 0.25) is 0 Å². The maximum absolute atomic E-state index is 13.5. The Bertz CT molecular complexity index is 4410. The Labute approximate surface area is 570 Å². The predicted molar refractivity (Wildman–Crippen MR) is 369 cm³/mol. The van der Waals surface area contributed by atoms with Gasteiger partial charge in [0.15, 0.2) is 0 Å². The number of hydrogen-bond acceptors (Lipinski definition) is 18. The van der Waals surface area contributed by atoms with Gasteiger partial charge in [0.2, 0.25) is 29.5 Å².